The predicted molar refractivity (Wildman–Crippen MR) is 118 cm³/mol. The molecule has 1 saturated heterocycles. The maximum atomic E-state index is 13.9. The lowest BCUT2D eigenvalue weighted by Crippen LogP contribution is -2.56. The Morgan fingerprint density at radius 3 is 2.65 bits per heavy atom. The molecule has 1 fully saturated rings. The van der Waals surface area contributed by atoms with Crippen molar-refractivity contribution in [2.24, 2.45) is 11.8 Å². The fourth-order valence-electron chi connectivity index (χ4n) is 5.67. The number of likely N-dealkylation sites (tertiary alicyclic amines) is 1. The first kappa shape index (κ1) is 20.0. The molecule has 5 rings (SSSR count). The van der Waals surface area contributed by atoms with Crippen molar-refractivity contribution in [3.63, 3.8) is 0 Å². The predicted octanol–water partition coefficient (Wildman–Crippen LogP) is 2.86. The number of benzene rings is 1. The molecule has 0 aliphatic carbocycles. The summed E-state index contributed by atoms with van der Waals surface area (Å²) in [4.78, 5) is 43.1. The van der Waals surface area contributed by atoms with E-state index in [1.165, 1.54) is 0 Å². The van der Waals surface area contributed by atoms with Crippen molar-refractivity contribution in [2.75, 3.05) is 13.1 Å². The Morgan fingerprint density at radius 1 is 1.06 bits per heavy atom. The smallest absolute Gasteiger partial charge is 0.255 e. The highest BCUT2D eigenvalue weighted by Gasteiger charge is 2.43. The molecule has 4 atom stereocenters. The van der Waals surface area contributed by atoms with Crippen LogP contribution in [0.2, 0.25) is 0 Å². The molecule has 31 heavy (non-hydrogen) atoms. The molecular formula is C25H29N3O3. The highest BCUT2D eigenvalue weighted by atomic mass is 16.2. The fourth-order valence-corrected chi connectivity index (χ4v) is 5.67. The number of hydrogen-bond acceptors (Lipinski definition) is 3. The van der Waals surface area contributed by atoms with Gasteiger partial charge in [0.25, 0.3) is 11.5 Å². The maximum absolute atomic E-state index is 13.9. The van der Waals surface area contributed by atoms with Crippen molar-refractivity contribution in [1.82, 2.24) is 14.4 Å². The molecule has 0 N–H and O–H groups in total. The molecule has 0 saturated carbocycles. The van der Waals surface area contributed by atoms with Gasteiger partial charge < -0.3 is 14.4 Å². The first-order valence-corrected chi connectivity index (χ1v) is 11.3. The van der Waals surface area contributed by atoms with Crippen LogP contribution >= 0.6 is 0 Å². The van der Waals surface area contributed by atoms with Crippen molar-refractivity contribution in [2.45, 2.75) is 51.7 Å². The van der Waals surface area contributed by atoms with Gasteiger partial charge in [-0.3, -0.25) is 14.4 Å². The third kappa shape index (κ3) is 3.29. The van der Waals surface area contributed by atoms with Crippen molar-refractivity contribution in [1.29, 1.82) is 0 Å². The van der Waals surface area contributed by atoms with Crippen LogP contribution in [0.1, 0.15) is 54.2 Å². The lowest BCUT2D eigenvalue weighted by Gasteiger charge is -2.45. The third-order valence-electron chi connectivity index (χ3n) is 7.41. The lowest BCUT2D eigenvalue weighted by atomic mass is 9.82. The number of pyridine rings is 1. The molecule has 3 aliphatic heterocycles. The second-order valence-electron chi connectivity index (χ2n) is 9.36. The highest BCUT2D eigenvalue weighted by Crippen LogP contribution is 2.36. The number of piperidine rings is 1. The van der Waals surface area contributed by atoms with Gasteiger partial charge in [0.2, 0.25) is 5.91 Å². The second kappa shape index (κ2) is 7.66. The lowest BCUT2D eigenvalue weighted by molar-refractivity contribution is -0.141. The molecule has 0 spiro atoms. The number of carbonyl (C=O) groups is 2. The Bertz CT molecular complexity index is 1090. The van der Waals surface area contributed by atoms with Crippen molar-refractivity contribution in [3.8, 4) is 0 Å². The third-order valence-corrected chi connectivity index (χ3v) is 7.41. The van der Waals surface area contributed by atoms with Gasteiger partial charge in [0.15, 0.2) is 0 Å². The Hall–Kier alpha value is -2.89. The van der Waals surface area contributed by atoms with Crippen LogP contribution < -0.4 is 5.56 Å². The van der Waals surface area contributed by atoms with Gasteiger partial charge in [-0.2, -0.15) is 0 Å². The summed E-state index contributed by atoms with van der Waals surface area (Å²) in [5.74, 6) is 0.538. The first-order valence-electron chi connectivity index (χ1n) is 11.3. The van der Waals surface area contributed by atoms with Gasteiger partial charge in [-0.05, 0) is 36.0 Å². The Morgan fingerprint density at radius 2 is 1.87 bits per heavy atom. The zero-order valence-corrected chi connectivity index (χ0v) is 18.2. The van der Waals surface area contributed by atoms with Gasteiger partial charge in [0.05, 0.1) is 0 Å². The molecule has 162 valence electrons. The van der Waals surface area contributed by atoms with Gasteiger partial charge in [-0.25, -0.2) is 0 Å². The number of carbonyl (C=O) groups excluding carboxylic acids is 2. The van der Waals surface area contributed by atoms with E-state index in [4.69, 9.17) is 0 Å². The van der Waals surface area contributed by atoms with Crippen molar-refractivity contribution >= 4 is 11.8 Å². The van der Waals surface area contributed by atoms with Gasteiger partial charge in [-0.1, -0.05) is 44.5 Å². The zero-order chi connectivity index (χ0) is 21.7. The number of hydrogen-bond donors (Lipinski definition) is 0. The topological polar surface area (TPSA) is 62.6 Å². The molecule has 1 aromatic carbocycles. The first-order chi connectivity index (χ1) is 15.0. The molecular weight excluding hydrogens is 390 g/mol. The zero-order valence-electron chi connectivity index (χ0n) is 18.2. The average Bonchev–Trinajstić information content (AvgIpc) is 3.10. The SMILES string of the molecule is CC[C@@H](C)[C@H](C(=O)N1C[C@H]2C[C@@H](C1)c1cccc(=O)n1C2)N1Cc2ccccc2C1=O. The van der Waals surface area contributed by atoms with Crippen LogP contribution in [0, 0.1) is 11.8 Å². The van der Waals surface area contributed by atoms with E-state index in [0.29, 0.717) is 31.7 Å². The van der Waals surface area contributed by atoms with Gasteiger partial charge in [0, 0.05) is 49.4 Å². The number of amides is 2. The van der Waals surface area contributed by atoms with Crippen LogP contribution in [0.5, 0.6) is 0 Å². The Balaban J connectivity index is 1.43. The van der Waals surface area contributed by atoms with Crippen LogP contribution in [-0.4, -0.2) is 45.3 Å². The molecule has 0 unspecified atom stereocenters. The van der Waals surface area contributed by atoms with E-state index in [2.05, 4.69) is 13.8 Å². The normalized spacial score (nSPS) is 23.9. The summed E-state index contributed by atoms with van der Waals surface area (Å²) in [6, 6.07) is 12.7. The number of nitrogens with zero attached hydrogens (tertiary/aromatic N) is 3. The van der Waals surface area contributed by atoms with Gasteiger partial charge in [-0.15, -0.1) is 0 Å². The minimum atomic E-state index is -0.457. The number of rotatable bonds is 4. The Kier molecular flexibility index (Phi) is 4.95. The van der Waals surface area contributed by atoms with E-state index in [1.54, 1.807) is 11.0 Å². The molecule has 2 amide bonds. The highest BCUT2D eigenvalue weighted by molar-refractivity contribution is 6.01. The van der Waals surface area contributed by atoms with E-state index < -0.39 is 6.04 Å². The molecule has 2 aromatic rings. The van der Waals surface area contributed by atoms with Crippen molar-refractivity contribution < 1.29 is 9.59 Å². The van der Waals surface area contributed by atoms with E-state index in [0.717, 1.165) is 24.1 Å². The van der Waals surface area contributed by atoms with E-state index >= 15 is 0 Å². The summed E-state index contributed by atoms with van der Waals surface area (Å²) in [6.07, 6.45) is 1.84. The number of aromatic nitrogens is 1. The van der Waals surface area contributed by atoms with Crippen LogP contribution in [-0.2, 0) is 17.9 Å². The van der Waals surface area contributed by atoms with Crippen LogP contribution in [0.15, 0.2) is 47.3 Å². The van der Waals surface area contributed by atoms with Crippen molar-refractivity contribution in [3.05, 3.63) is 69.6 Å². The molecule has 3 aliphatic rings. The van der Waals surface area contributed by atoms with Crippen LogP contribution in [0.25, 0.3) is 0 Å². The molecule has 6 nitrogen and oxygen atoms in total. The fraction of sp³-hybridized carbons (Fsp3) is 0.480. The van der Waals surface area contributed by atoms with Gasteiger partial charge in [0.1, 0.15) is 6.04 Å². The molecule has 1 aromatic heterocycles. The molecule has 2 bridgehead atoms. The summed E-state index contributed by atoms with van der Waals surface area (Å²) in [7, 11) is 0. The maximum Gasteiger partial charge on any atom is 0.255 e. The van der Waals surface area contributed by atoms with E-state index in [9.17, 15) is 14.4 Å². The molecule has 6 heteroatoms. The second-order valence-corrected chi connectivity index (χ2v) is 9.36. The van der Waals surface area contributed by atoms with Crippen LogP contribution in [0.4, 0.5) is 0 Å². The van der Waals surface area contributed by atoms with E-state index in [-0.39, 0.29) is 35.1 Å². The summed E-state index contributed by atoms with van der Waals surface area (Å²) in [5, 5.41) is 0. The average molecular weight is 420 g/mol. The Labute approximate surface area is 182 Å². The quantitative estimate of drug-likeness (QED) is 0.766. The molecule has 0 radical (unpaired) electrons. The monoisotopic (exact) mass is 419 g/mol. The molecule has 4 heterocycles. The minimum absolute atomic E-state index is 0.0386. The number of fused-ring (bicyclic) bond motifs is 5. The summed E-state index contributed by atoms with van der Waals surface area (Å²) >= 11 is 0. The van der Waals surface area contributed by atoms with Gasteiger partial charge >= 0.3 is 0 Å². The van der Waals surface area contributed by atoms with E-state index in [1.807, 2.05) is 45.9 Å². The van der Waals surface area contributed by atoms with Crippen LogP contribution in [0.3, 0.4) is 0 Å². The largest absolute Gasteiger partial charge is 0.340 e. The summed E-state index contributed by atoms with van der Waals surface area (Å²) in [5.41, 5.74) is 2.79. The summed E-state index contributed by atoms with van der Waals surface area (Å²) < 4.78 is 1.88. The summed E-state index contributed by atoms with van der Waals surface area (Å²) in [6.45, 7) is 6.56. The minimum Gasteiger partial charge on any atom is -0.340 e. The standard InChI is InChI=1S/C25H29N3O3/c1-3-16(2)23(28-15-18-7-4-5-8-20(18)24(28)30)25(31)26-12-17-11-19(14-26)21-9-6-10-22(29)27(21)13-17/h4-10,16-17,19,23H,3,11-15H2,1-2H3/t16-,17-,19+,23-/m1/s1.